The third-order valence-electron chi connectivity index (χ3n) is 3.73. The van der Waals surface area contributed by atoms with E-state index in [2.05, 4.69) is 12.2 Å². The Kier molecular flexibility index (Phi) is 4.35. The maximum Gasteiger partial charge on any atom is 0.317 e. The van der Waals surface area contributed by atoms with E-state index in [0.29, 0.717) is 0 Å². The summed E-state index contributed by atoms with van der Waals surface area (Å²) in [5, 5.41) is 0. The number of hydrogen-bond acceptors (Lipinski definition) is 3. The van der Waals surface area contributed by atoms with Crippen LogP contribution in [0.2, 0.25) is 0 Å². The summed E-state index contributed by atoms with van der Waals surface area (Å²) < 4.78 is 4.77. The van der Waals surface area contributed by atoms with Gasteiger partial charge in [0.1, 0.15) is 0 Å². The van der Waals surface area contributed by atoms with Gasteiger partial charge in [0.2, 0.25) is 0 Å². The van der Waals surface area contributed by atoms with E-state index < -0.39 is 0 Å². The summed E-state index contributed by atoms with van der Waals surface area (Å²) in [5.41, 5.74) is 0. The van der Waals surface area contributed by atoms with Gasteiger partial charge in [0.15, 0.2) is 0 Å². The van der Waals surface area contributed by atoms with E-state index in [9.17, 15) is 9.59 Å². The Balaban J connectivity index is 1.99. The average molecular weight is 236 g/mol. The van der Waals surface area contributed by atoms with Crippen molar-refractivity contribution in [3.63, 3.8) is 0 Å². The fourth-order valence-electron chi connectivity index (χ4n) is 2.71. The van der Waals surface area contributed by atoms with Crippen molar-refractivity contribution in [1.29, 1.82) is 0 Å². The van der Waals surface area contributed by atoms with Crippen molar-refractivity contribution < 1.29 is 14.3 Å². The van der Waals surface area contributed by atoms with Crippen molar-refractivity contribution in [3.05, 3.63) is 12.2 Å². The number of esters is 2. The molecule has 0 aromatic carbocycles. The summed E-state index contributed by atoms with van der Waals surface area (Å²) in [6.07, 6.45) is 12.5. The van der Waals surface area contributed by atoms with Gasteiger partial charge in [0, 0.05) is 0 Å². The van der Waals surface area contributed by atoms with Crippen molar-refractivity contribution in [2.24, 2.45) is 11.8 Å². The van der Waals surface area contributed by atoms with Gasteiger partial charge < -0.3 is 4.74 Å². The normalized spacial score (nSPS) is 31.3. The van der Waals surface area contributed by atoms with Crippen LogP contribution in [-0.2, 0) is 14.3 Å². The molecule has 3 nitrogen and oxygen atoms in total. The maximum absolute atomic E-state index is 11.6. The first kappa shape index (κ1) is 12.3. The largest absolute Gasteiger partial charge is 0.393 e. The number of cyclic esters (lactones) is 2. The third kappa shape index (κ3) is 3.18. The van der Waals surface area contributed by atoms with Crippen LogP contribution in [0.15, 0.2) is 12.2 Å². The van der Waals surface area contributed by atoms with E-state index in [4.69, 9.17) is 4.74 Å². The molecule has 2 atom stereocenters. The Labute approximate surface area is 102 Å². The number of rotatable bonds is 0. The Morgan fingerprint density at radius 1 is 0.824 bits per heavy atom. The van der Waals surface area contributed by atoms with Crippen LogP contribution in [0.5, 0.6) is 0 Å². The van der Waals surface area contributed by atoms with Crippen molar-refractivity contribution in [3.8, 4) is 0 Å². The second-order valence-corrected chi connectivity index (χ2v) is 4.99. The van der Waals surface area contributed by atoms with Crippen LogP contribution in [0.1, 0.15) is 51.4 Å². The second-order valence-electron chi connectivity index (χ2n) is 4.99. The maximum atomic E-state index is 11.6. The number of ether oxygens (including phenoxy) is 1. The van der Waals surface area contributed by atoms with Gasteiger partial charge in [-0.1, -0.05) is 25.0 Å². The molecular weight excluding hydrogens is 216 g/mol. The average Bonchev–Trinajstić information content (AvgIpc) is 2.54. The molecule has 1 aliphatic carbocycles. The first-order chi connectivity index (χ1) is 8.29. The third-order valence-corrected chi connectivity index (χ3v) is 3.73. The zero-order valence-corrected chi connectivity index (χ0v) is 10.2. The SMILES string of the molecule is O=C1OC(=O)C2CCCCCC=CCCCC12. The Hall–Kier alpha value is -1.12. The summed E-state index contributed by atoms with van der Waals surface area (Å²) >= 11 is 0. The summed E-state index contributed by atoms with van der Waals surface area (Å²) in [4.78, 5) is 23.2. The van der Waals surface area contributed by atoms with Gasteiger partial charge in [0.25, 0.3) is 0 Å². The molecular formula is C14H20O3. The van der Waals surface area contributed by atoms with Gasteiger partial charge in [-0.25, -0.2) is 0 Å². The van der Waals surface area contributed by atoms with E-state index in [1.807, 2.05) is 0 Å². The summed E-state index contributed by atoms with van der Waals surface area (Å²) in [6.45, 7) is 0. The number of carbonyl (C=O) groups excluding carboxylic acids is 2. The molecule has 0 N–H and O–H groups in total. The molecule has 94 valence electrons. The fraction of sp³-hybridized carbons (Fsp3) is 0.714. The molecule has 0 aromatic rings. The lowest BCUT2D eigenvalue weighted by Gasteiger charge is -2.13. The predicted octanol–water partition coefficient (Wildman–Crippen LogP) is 2.99. The van der Waals surface area contributed by atoms with E-state index in [1.165, 1.54) is 6.42 Å². The Bertz CT molecular complexity index is 319. The molecule has 0 aromatic heterocycles. The van der Waals surface area contributed by atoms with Crippen LogP contribution < -0.4 is 0 Å². The number of fused-ring (bicyclic) bond motifs is 1. The molecule has 0 radical (unpaired) electrons. The fourth-order valence-corrected chi connectivity index (χ4v) is 2.71. The van der Waals surface area contributed by atoms with E-state index in [-0.39, 0.29) is 23.8 Å². The standard InChI is InChI=1S/C14H20O3/c15-13-11-9-7-5-3-1-2-4-6-8-10-12(11)14(16)17-13/h1,3,11-12H,2,4-10H2. The summed E-state index contributed by atoms with van der Waals surface area (Å²) in [7, 11) is 0. The summed E-state index contributed by atoms with van der Waals surface area (Å²) in [6, 6.07) is 0. The lowest BCUT2D eigenvalue weighted by molar-refractivity contribution is -0.153. The highest BCUT2D eigenvalue weighted by molar-refractivity contribution is 5.96. The molecule has 0 bridgehead atoms. The minimum atomic E-state index is -0.291. The van der Waals surface area contributed by atoms with Crippen molar-refractivity contribution >= 4 is 11.9 Å². The molecule has 1 aliphatic heterocycles. The zero-order valence-electron chi connectivity index (χ0n) is 10.2. The molecule has 0 spiro atoms. The smallest absolute Gasteiger partial charge is 0.317 e. The predicted molar refractivity (Wildman–Crippen MR) is 64.2 cm³/mol. The lowest BCUT2D eigenvalue weighted by Crippen LogP contribution is -2.18. The van der Waals surface area contributed by atoms with E-state index in [0.717, 1.165) is 44.9 Å². The highest BCUT2D eigenvalue weighted by atomic mass is 16.6. The van der Waals surface area contributed by atoms with Crippen LogP contribution >= 0.6 is 0 Å². The molecule has 3 heteroatoms. The van der Waals surface area contributed by atoms with Crippen molar-refractivity contribution in [2.75, 3.05) is 0 Å². The Morgan fingerprint density at radius 3 is 2.12 bits per heavy atom. The summed E-state index contributed by atoms with van der Waals surface area (Å²) in [5.74, 6) is -0.908. The van der Waals surface area contributed by atoms with Gasteiger partial charge in [0.05, 0.1) is 11.8 Å². The molecule has 1 heterocycles. The molecule has 2 rings (SSSR count). The Morgan fingerprint density at radius 2 is 1.41 bits per heavy atom. The van der Waals surface area contributed by atoms with Crippen LogP contribution in [0, 0.1) is 11.8 Å². The van der Waals surface area contributed by atoms with Gasteiger partial charge in [-0.2, -0.15) is 0 Å². The molecule has 1 saturated heterocycles. The highest BCUT2D eigenvalue weighted by Crippen LogP contribution is 2.32. The van der Waals surface area contributed by atoms with Crippen LogP contribution in [0.4, 0.5) is 0 Å². The molecule has 17 heavy (non-hydrogen) atoms. The first-order valence-corrected chi connectivity index (χ1v) is 6.69. The van der Waals surface area contributed by atoms with Gasteiger partial charge >= 0.3 is 11.9 Å². The van der Waals surface area contributed by atoms with Gasteiger partial charge in [-0.15, -0.1) is 0 Å². The lowest BCUT2D eigenvalue weighted by atomic mass is 9.86. The highest BCUT2D eigenvalue weighted by Gasteiger charge is 2.42. The number of carbonyl (C=O) groups is 2. The topological polar surface area (TPSA) is 43.4 Å². The molecule has 1 fully saturated rings. The molecule has 0 saturated carbocycles. The van der Waals surface area contributed by atoms with Crippen LogP contribution in [0.3, 0.4) is 0 Å². The van der Waals surface area contributed by atoms with Gasteiger partial charge in [-0.3, -0.25) is 9.59 Å². The molecule has 2 unspecified atom stereocenters. The molecule has 2 aliphatic rings. The number of allylic oxidation sites excluding steroid dienone is 2. The van der Waals surface area contributed by atoms with Crippen molar-refractivity contribution in [2.45, 2.75) is 51.4 Å². The zero-order chi connectivity index (χ0) is 12.1. The minimum Gasteiger partial charge on any atom is -0.393 e. The number of hydrogen-bond donors (Lipinski definition) is 0. The van der Waals surface area contributed by atoms with Crippen LogP contribution in [0.25, 0.3) is 0 Å². The second kappa shape index (κ2) is 5.99. The quantitative estimate of drug-likeness (QED) is 0.369. The van der Waals surface area contributed by atoms with Crippen molar-refractivity contribution in [1.82, 2.24) is 0 Å². The van der Waals surface area contributed by atoms with E-state index in [1.54, 1.807) is 0 Å². The molecule has 0 amide bonds. The monoisotopic (exact) mass is 236 g/mol. The first-order valence-electron chi connectivity index (χ1n) is 6.69. The minimum absolute atomic E-state index is 0.161. The van der Waals surface area contributed by atoms with Crippen LogP contribution in [-0.4, -0.2) is 11.9 Å². The van der Waals surface area contributed by atoms with Gasteiger partial charge in [-0.05, 0) is 38.5 Å². The van der Waals surface area contributed by atoms with E-state index >= 15 is 0 Å².